The second kappa shape index (κ2) is 4.77. The smallest absolute Gasteiger partial charge is 0.323 e. The Morgan fingerprint density at radius 1 is 1.05 bits per heavy atom. The molecule has 1 atom stereocenters. The van der Waals surface area contributed by atoms with E-state index in [9.17, 15) is 14.3 Å². The first kappa shape index (κ1) is 12.9. The molecule has 2 aromatic carbocycles. The van der Waals surface area contributed by atoms with Crippen LogP contribution in [0.3, 0.4) is 0 Å². The third kappa shape index (κ3) is 2.21. The van der Waals surface area contributed by atoms with Crippen molar-refractivity contribution in [3.8, 4) is 0 Å². The number of hydrogen-bond donors (Lipinski definition) is 3. The predicted molar refractivity (Wildman–Crippen MR) is 74.4 cm³/mol. The van der Waals surface area contributed by atoms with Crippen LogP contribution >= 0.6 is 11.6 Å². The number of aromatic amines is 2. The van der Waals surface area contributed by atoms with E-state index in [-0.39, 0.29) is 10.7 Å². The summed E-state index contributed by atoms with van der Waals surface area (Å²) < 4.78 is 13.1. The minimum Gasteiger partial charge on any atom is -0.384 e. The zero-order valence-corrected chi connectivity index (χ0v) is 10.9. The first-order valence-electron chi connectivity index (χ1n) is 5.89. The van der Waals surface area contributed by atoms with Crippen LogP contribution < -0.4 is 5.69 Å². The lowest BCUT2D eigenvalue weighted by atomic mass is 10.0. The molecule has 0 aliphatic carbocycles. The zero-order valence-electron chi connectivity index (χ0n) is 10.2. The highest BCUT2D eigenvalue weighted by molar-refractivity contribution is 6.30. The average molecular weight is 293 g/mol. The number of imidazole rings is 1. The molecule has 3 rings (SSSR count). The molecule has 0 amide bonds. The summed E-state index contributed by atoms with van der Waals surface area (Å²) in [4.78, 5) is 16.4. The zero-order chi connectivity index (χ0) is 14.3. The Balaban J connectivity index is 2.04. The second-order valence-electron chi connectivity index (χ2n) is 4.46. The van der Waals surface area contributed by atoms with Crippen molar-refractivity contribution < 1.29 is 9.50 Å². The number of benzene rings is 2. The van der Waals surface area contributed by atoms with Gasteiger partial charge >= 0.3 is 5.69 Å². The van der Waals surface area contributed by atoms with Gasteiger partial charge in [0, 0.05) is 0 Å². The lowest BCUT2D eigenvalue weighted by Gasteiger charge is -2.12. The molecule has 4 nitrogen and oxygen atoms in total. The topological polar surface area (TPSA) is 68.9 Å². The standard InChI is InChI=1S/C14H10ClFN2O2/c15-9-5-7(1-3-10(9)16)13(19)8-2-4-11-12(6-8)18-14(20)17-11/h1-6,13,19H,(H2,17,18,20). The summed E-state index contributed by atoms with van der Waals surface area (Å²) >= 11 is 5.71. The molecule has 6 heteroatoms. The van der Waals surface area contributed by atoms with Crippen molar-refractivity contribution in [1.29, 1.82) is 0 Å². The van der Waals surface area contributed by atoms with Gasteiger partial charge in [0.2, 0.25) is 0 Å². The summed E-state index contributed by atoms with van der Waals surface area (Å²) in [5.74, 6) is -0.534. The van der Waals surface area contributed by atoms with Crippen molar-refractivity contribution in [1.82, 2.24) is 9.97 Å². The molecule has 0 aliphatic heterocycles. The molecule has 1 unspecified atom stereocenters. The van der Waals surface area contributed by atoms with Crippen LogP contribution in [-0.4, -0.2) is 15.1 Å². The first-order chi connectivity index (χ1) is 9.54. The number of nitrogens with one attached hydrogen (secondary N) is 2. The van der Waals surface area contributed by atoms with Crippen LogP contribution in [0.2, 0.25) is 5.02 Å². The Kier molecular flexibility index (Phi) is 3.08. The fourth-order valence-corrected chi connectivity index (χ4v) is 2.28. The molecule has 0 fully saturated rings. The molecule has 0 aliphatic rings. The summed E-state index contributed by atoms with van der Waals surface area (Å²) in [6.45, 7) is 0. The van der Waals surface area contributed by atoms with E-state index in [2.05, 4.69) is 9.97 Å². The van der Waals surface area contributed by atoms with Crippen LogP contribution in [-0.2, 0) is 0 Å². The number of hydrogen-bond acceptors (Lipinski definition) is 2. The summed E-state index contributed by atoms with van der Waals surface area (Å²) in [6, 6.07) is 9.10. The van der Waals surface area contributed by atoms with Crippen molar-refractivity contribution in [2.24, 2.45) is 0 Å². The van der Waals surface area contributed by atoms with Crippen LogP contribution in [0, 0.1) is 5.82 Å². The van der Waals surface area contributed by atoms with Crippen molar-refractivity contribution in [2.45, 2.75) is 6.10 Å². The summed E-state index contributed by atoms with van der Waals surface area (Å²) in [5, 5.41) is 10.2. The number of aliphatic hydroxyl groups excluding tert-OH is 1. The van der Waals surface area contributed by atoms with E-state index in [0.717, 1.165) is 0 Å². The van der Waals surface area contributed by atoms with Crippen molar-refractivity contribution in [2.75, 3.05) is 0 Å². The number of aliphatic hydroxyl groups is 1. The molecule has 3 N–H and O–H groups in total. The molecule has 0 spiro atoms. The normalized spacial score (nSPS) is 12.8. The van der Waals surface area contributed by atoms with E-state index in [0.29, 0.717) is 22.2 Å². The van der Waals surface area contributed by atoms with Gasteiger partial charge < -0.3 is 15.1 Å². The number of halogens is 2. The Hall–Kier alpha value is -2.11. The van der Waals surface area contributed by atoms with Crippen molar-refractivity contribution in [3.05, 3.63) is 68.8 Å². The van der Waals surface area contributed by atoms with Gasteiger partial charge in [0.25, 0.3) is 0 Å². The maximum absolute atomic E-state index is 13.1. The molecule has 0 radical (unpaired) electrons. The highest BCUT2D eigenvalue weighted by Crippen LogP contribution is 2.27. The van der Waals surface area contributed by atoms with Gasteiger partial charge in [-0.2, -0.15) is 0 Å². The van der Waals surface area contributed by atoms with Gasteiger partial charge in [0.15, 0.2) is 0 Å². The minimum absolute atomic E-state index is 0.0438. The first-order valence-corrected chi connectivity index (χ1v) is 6.27. The Morgan fingerprint density at radius 2 is 1.70 bits per heavy atom. The highest BCUT2D eigenvalue weighted by Gasteiger charge is 2.13. The van der Waals surface area contributed by atoms with Crippen LogP contribution in [0.25, 0.3) is 11.0 Å². The van der Waals surface area contributed by atoms with Crippen LogP contribution in [0.5, 0.6) is 0 Å². The lowest BCUT2D eigenvalue weighted by Crippen LogP contribution is -2.00. The third-order valence-corrected chi connectivity index (χ3v) is 3.40. The third-order valence-electron chi connectivity index (χ3n) is 3.12. The van der Waals surface area contributed by atoms with Gasteiger partial charge in [-0.25, -0.2) is 9.18 Å². The Labute approximate surface area is 117 Å². The SMILES string of the molecule is O=c1[nH]c2ccc(C(O)c3ccc(F)c(Cl)c3)cc2[nH]1. The van der Waals surface area contributed by atoms with E-state index in [1.165, 1.54) is 18.2 Å². The van der Waals surface area contributed by atoms with E-state index < -0.39 is 11.9 Å². The Bertz CT molecular complexity index is 841. The number of H-pyrrole nitrogens is 2. The van der Waals surface area contributed by atoms with Crippen molar-refractivity contribution in [3.63, 3.8) is 0 Å². The van der Waals surface area contributed by atoms with E-state index in [1.807, 2.05) is 0 Å². The van der Waals surface area contributed by atoms with E-state index >= 15 is 0 Å². The van der Waals surface area contributed by atoms with Crippen LogP contribution in [0.1, 0.15) is 17.2 Å². The highest BCUT2D eigenvalue weighted by atomic mass is 35.5. The molecular formula is C14H10ClFN2O2. The average Bonchev–Trinajstić information content (AvgIpc) is 2.80. The molecule has 1 heterocycles. The largest absolute Gasteiger partial charge is 0.384 e. The minimum atomic E-state index is -0.948. The molecule has 0 saturated carbocycles. The van der Waals surface area contributed by atoms with Gasteiger partial charge in [0.05, 0.1) is 16.1 Å². The van der Waals surface area contributed by atoms with Crippen LogP contribution in [0.15, 0.2) is 41.2 Å². The van der Waals surface area contributed by atoms with Gasteiger partial charge in [-0.15, -0.1) is 0 Å². The number of fused-ring (bicyclic) bond motifs is 1. The summed E-state index contributed by atoms with van der Waals surface area (Å²) in [7, 11) is 0. The molecule has 20 heavy (non-hydrogen) atoms. The molecule has 0 bridgehead atoms. The molecule has 0 saturated heterocycles. The predicted octanol–water partition coefficient (Wildman–Crippen LogP) is 2.73. The summed E-state index contributed by atoms with van der Waals surface area (Å²) in [6.07, 6.45) is -0.948. The lowest BCUT2D eigenvalue weighted by molar-refractivity contribution is 0.220. The second-order valence-corrected chi connectivity index (χ2v) is 4.87. The van der Waals surface area contributed by atoms with Crippen LogP contribution in [0.4, 0.5) is 4.39 Å². The monoisotopic (exact) mass is 292 g/mol. The van der Waals surface area contributed by atoms with Gasteiger partial charge in [0.1, 0.15) is 11.9 Å². The van der Waals surface area contributed by atoms with Gasteiger partial charge in [-0.05, 0) is 35.4 Å². The maximum atomic E-state index is 13.1. The molecular weight excluding hydrogens is 283 g/mol. The Morgan fingerprint density at radius 3 is 2.45 bits per heavy atom. The molecule has 3 aromatic rings. The van der Waals surface area contributed by atoms with E-state index in [1.54, 1.807) is 18.2 Å². The molecule has 1 aromatic heterocycles. The molecule has 102 valence electrons. The maximum Gasteiger partial charge on any atom is 0.323 e. The van der Waals surface area contributed by atoms with Gasteiger partial charge in [-0.3, -0.25) is 0 Å². The fraction of sp³-hybridized carbons (Fsp3) is 0.0714. The quantitative estimate of drug-likeness (QED) is 0.680. The number of aromatic nitrogens is 2. The van der Waals surface area contributed by atoms with E-state index in [4.69, 9.17) is 11.6 Å². The van der Waals surface area contributed by atoms with Crippen molar-refractivity contribution >= 4 is 22.6 Å². The fourth-order valence-electron chi connectivity index (χ4n) is 2.10. The van der Waals surface area contributed by atoms with Gasteiger partial charge in [-0.1, -0.05) is 23.7 Å². The summed E-state index contributed by atoms with van der Waals surface area (Å²) in [5.41, 5.74) is 2.00. The number of rotatable bonds is 2.